The summed E-state index contributed by atoms with van der Waals surface area (Å²) in [5.74, 6) is 2.03. The molecule has 0 radical (unpaired) electrons. The summed E-state index contributed by atoms with van der Waals surface area (Å²) in [6.07, 6.45) is 0.851. The summed E-state index contributed by atoms with van der Waals surface area (Å²) in [7, 11) is 1.61. The number of aromatic nitrogens is 2. The van der Waals surface area contributed by atoms with Gasteiger partial charge in [-0.2, -0.15) is 0 Å². The number of aromatic amines is 1. The molecule has 0 atom stereocenters. The topological polar surface area (TPSA) is 64.2 Å². The number of methoxy groups -OCH3 is 1. The monoisotopic (exact) mass is 534 g/mol. The SMILES string of the molecule is COc1c(C=O)cc2ccccc2c1-c1c(OCc2ccccc2-c2nc3ccccc3[nH]2)ccc2ccccc12. The van der Waals surface area contributed by atoms with Gasteiger partial charge in [-0.3, -0.25) is 4.79 Å². The molecule has 0 amide bonds. The third kappa shape index (κ3) is 4.28. The van der Waals surface area contributed by atoms with E-state index in [4.69, 9.17) is 14.5 Å². The number of hydrogen-bond acceptors (Lipinski definition) is 4. The number of aldehydes is 1. The van der Waals surface area contributed by atoms with Crippen LogP contribution in [0.1, 0.15) is 15.9 Å². The maximum absolute atomic E-state index is 12.2. The van der Waals surface area contributed by atoms with E-state index in [9.17, 15) is 4.79 Å². The molecule has 6 aromatic carbocycles. The van der Waals surface area contributed by atoms with E-state index < -0.39 is 0 Å². The van der Waals surface area contributed by atoms with Crippen LogP contribution in [0, 0.1) is 0 Å². The number of hydrogen-bond donors (Lipinski definition) is 1. The van der Waals surface area contributed by atoms with E-state index in [2.05, 4.69) is 41.4 Å². The molecule has 0 aliphatic rings. The zero-order valence-electron chi connectivity index (χ0n) is 22.4. The average Bonchev–Trinajstić information content (AvgIpc) is 3.47. The molecule has 5 nitrogen and oxygen atoms in total. The van der Waals surface area contributed by atoms with Crippen molar-refractivity contribution in [2.75, 3.05) is 7.11 Å². The number of para-hydroxylation sites is 2. The molecule has 0 fully saturated rings. The maximum Gasteiger partial charge on any atom is 0.153 e. The highest BCUT2D eigenvalue weighted by Gasteiger charge is 2.22. The van der Waals surface area contributed by atoms with Crippen molar-refractivity contribution in [1.29, 1.82) is 0 Å². The first-order valence-electron chi connectivity index (χ1n) is 13.5. The van der Waals surface area contributed by atoms with Gasteiger partial charge < -0.3 is 14.5 Å². The summed E-state index contributed by atoms with van der Waals surface area (Å²) in [4.78, 5) is 20.5. The zero-order chi connectivity index (χ0) is 27.8. The second-order valence-electron chi connectivity index (χ2n) is 9.92. The molecule has 7 aromatic rings. The first kappa shape index (κ1) is 24.6. The molecule has 0 saturated heterocycles. The van der Waals surface area contributed by atoms with Crippen molar-refractivity contribution < 1.29 is 14.3 Å². The van der Waals surface area contributed by atoms with E-state index >= 15 is 0 Å². The molecule has 0 saturated carbocycles. The average molecular weight is 535 g/mol. The van der Waals surface area contributed by atoms with Crippen molar-refractivity contribution in [3.05, 3.63) is 126 Å². The van der Waals surface area contributed by atoms with E-state index in [1.807, 2.05) is 78.9 Å². The highest BCUT2D eigenvalue weighted by Crippen LogP contribution is 2.47. The van der Waals surface area contributed by atoms with Crippen molar-refractivity contribution in [2.24, 2.45) is 0 Å². The fourth-order valence-electron chi connectivity index (χ4n) is 5.65. The Balaban J connectivity index is 1.39. The third-order valence-electron chi connectivity index (χ3n) is 7.55. The number of ether oxygens (including phenoxy) is 2. The highest BCUT2D eigenvalue weighted by molar-refractivity contribution is 6.12. The van der Waals surface area contributed by atoms with E-state index in [1.54, 1.807) is 7.11 Å². The van der Waals surface area contributed by atoms with Crippen molar-refractivity contribution in [3.63, 3.8) is 0 Å². The molecule has 1 N–H and O–H groups in total. The van der Waals surface area contributed by atoms with Crippen LogP contribution in [0.2, 0.25) is 0 Å². The molecule has 0 aliphatic carbocycles. The van der Waals surface area contributed by atoms with Crippen LogP contribution >= 0.6 is 0 Å². The molecule has 1 aromatic heterocycles. The molecule has 0 aliphatic heterocycles. The van der Waals surface area contributed by atoms with Gasteiger partial charge in [0.15, 0.2) is 6.29 Å². The molecule has 1 heterocycles. The van der Waals surface area contributed by atoms with Gasteiger partial charge in [0.2, 0.25) is 0 Å². The van der Waals surface area contributed by atoms with E-state index in [0.717, 1.165) is 66.9 Å². The number of rotatable bonds is 7. The minimum atomic E-state index is 0.326. The Labute approximate surface area is 237 Å². The van der Waals surface area contributed by atoms with Crippen molar-refractivity contribution in [1.82, 2.24) is 9.97 Å². The van der Waals surface area contributed by atoms with Crippen molar-refractivity contribution >= 4 is 38.9 Å². The van der Waals surface area contributed by atoms with E-state index in [1.165, 1.54) is 0 Å². The fraction of sp³-hybridized carbons (Fsp3) is 0.0556. The number of carbonyl (C=O) groups is 1. The third-order valence-corrected chi connectivity index (χ3v) is 7.55. The van der Waals surface area contributed by atoms with Crippen LogP contribution in [0.5, 0.6) is 11.5 Å². The minimum Gasteiger partial charge on any atom is -0.495 e. The second-order valence-corrected chi connectivity index (χ2v) is 9.92. The van der Waals surface area contributed by atoms with Gasteiger partial charge in [-0.1, -0.05) is 91.0 Å². The first-order chi connectivity index (χ1) is 20.2. The zero-order valence-corrected chi connectivity index (χ0v) is 22.4. The minimum absolute atomic E-state index is 0.326. The predicted octanol–water partition coefficient (Wildman–Crippen LogP) is 8.60. The van der Waals surface area contributed by atoms with Crippen LogP contribution < -0.4 is 9.47 Å². The number of nitrogens with zero attached hydrogens (tertiary/aromatic N) is 1. The molecule has 5 heteroatoms. The predicted molar refractivity (Wildman–Crippen MR) is 165 cm³/mol. The molecule has 0 unspecified atom stereocenters. The number of fused-ring (bicyclic) bond motifs is 3. The lowest BCUT2D eigenvalue weighted by molar-refractivity contribution is 0.112. The number of imidazole rings is 1. The summed E-state index contributed by atoms with van der Waals surface area (Å²) < 4.78 is 12.6. The number of nitrogens with one attached hydrogen (secondary N) is 1. The van der Waals surface area contributed by atoms with Gasteiger partial charge in [-0.05, 0) is 45.8 Å². The van der Waals surface area contributed by atoms with E-state index in [-0.39, 0.29) is 0 Å². The summed E-state index contributed by atoms with van der Waals surface area (Å²) in [6.45, 7) is 0.326. The van der Waals surface area contributed by atoms with Gasteiger partial charge in [-0.15, -0.1) is 0 Å². The Morgan fingerprint density at radius 2 is 1.46 bits per heavy atom. The lowest BCUT2D eigenvalue weighted by Gasteiger charge is -2.20. The number of carbonyl (C=O) groups excluding carboxylic acids is 1. The Hall–Kier alpha value is -5.42. The first-order valence-corrected chi connectivity index (χ1v) is 13.5. The molecular formula is C36H26N2O3. The van der Waals surface area contributed by atoms with Crippen LogP contribution in [-0.4, -0.2) is 23.4 Å². The summed E-state index contributed by atoms with van der Waals surface area (Å²) in [5.41, 5.74) is 6.12. The van der Waals surface area contributed by atoms with Gasteiger partial charge in [0.25, 0.3) is 0 Å². The molecule has 7 rings (SSSR count). The van der Waals surface area contributed by atoms with Crippen LogP contribution in [0.4, 0.5) is 0 Å². The van der Waals surface area contributed by atoms with Gasteiger partial charge in [-0.25, -0.2) is 4.98 Å². The maximum atomic E-state index is 12.2. The smallest absolute Gasteiger partial charge is 0.153 e. The lowest BCUT2D eigenvalue weighted by Crippen LogP contribution is -2.02. The Bertz CT molecular complexity index is 2040. The second kappa shape index (κ2) is 10.3. The van der Waals surface area contributed by atoms with Gasteiger partial charge in [0.05, 0.1) is 23.7 Å². The molecular weight excluding hydrogens is 508 g/mol. The van der Waals surface area contributed by atoms with Crippen molar-refractivity contribution in [3.8, 4) is 34.0 Å². The highest BCUT2D eigenvalue weighted by atomic mass is 16.5. The number of H-pyrrole nitrogens is 1. The summed E-state index contributed by atoms with van der Waals surface area (Å²) in [5, 5.41) is 4.03. The Morgan fingerprint density at radius 3 is 2.27 bits per heavy atom. The van der Waals surface area contributed by atoms with Gasteiger partial charge >= 0.3 is 0 Å². The Morgan fingerprint density at radius 1 is 0.756 bits per heavy atom. The van der Waals surface area contributed by atoms with Crippen molar-refractivity contribution in [2.45, 2.75) is 6.61 Å². The van der Waals surface area contributed by atoms with Gasteiger partial charge in [0, 0.05) is 22.3 Å². The van der Waals surface area contributed by atoms with Crippen LogP contribution in [0.25, 0.3) is 55.1 Å². The van der Waals surface area contributed by atoms with E-state index in [0.29, 0.717) is 23.7 Å². The van der Waals surface area contributed by atoms with Crippen LogP contribution in [0.15, 0.2) is 115 Å². The molecule has 41 heavy (non-hydrogen) atoms. The summed E-state index contributed by atoms with van der Waals surface area (Å²) >= 11 is 0. The van der Waals surface area contributed by atoms with Gasteiger partial charge in [0.1, 0.15) is 23.9 Å². The molecule has 0 spiro atoms. The molecule has 198 valence electrons. The summed E-state index contributed by atoms with van der Waals surface area (Å²) in [6, 6.07) is 38.4. The lowest BCUT2D eigenvalue weighted by atomic mass is 9.90. The van der Waals surface area contributed by atoms with Crippen LogP contribution in [0.3, 0.4) is 0 Å². The number of benzene rings is 6. The molecule has 0 bridgehead atoms. The fourth-order valence-corrected chi connectivity index (χ4v) is 5.65. The Kier molecular flexibility index (Phi) is 6.17. The normalized spacial score (nSPS) is 11.2. The van der Waals surface area contributed by atoms with Crippen LogP contribution in [-0.2, 0) is 6.61 Å². The quantitative estimate of drug-likeness (QED) is 0.208. The standard InChI is InChI=1S/C36H26N2O3/c1-40-35-26(21-39)20-24-11-3-6-14-28(24)34(35)33-27-13-5-2-10-23(27)18-19-32(33)41-22-25-12-4-7-15-29(25)36-37-30-16-8-9-17-31(30)38-36/h2-21H,22H2,1H3,(H,37,38). The largest absolute Gasteiger partial charge is 0.495 e.